The van der Waals surface area contributed by atoms with Crippen molar-refractivity contribution in [2.45, 2.75) is 26.3 Å². The molecule has 28 heavy (non-hydrogen) atoms. The van der Waals surface area contributed by atoms with E-state index in [1.54, 1.807) is 0 Å². The van der Waals surface area contributed by atoms with E-state index in [9.17, 15) is 4.79 Å². The lowest BCUT2D eigenvalue weighted by atomic mass is 9.91. The van der Waals surface area contributed by atoms with Crippen molar-refractivity contribution >= 4 is 38.3 Å². The molecule has 5 rings (SSSR count). The van der Waals surface area contributed by atoms with Crippen LogP contribution in [0.3, 0.4) is 0 Å². The van der Waals surface area contributed by atoms with E-state index in [1.807, 2.05) is 6.92 Å². The van der Waals surface area contributed by atoms with Gasteiger partial charge in [-0.05, 0) is 64.2 Å². The van der Waals surface area contributed by atoms with Crippen LogP contribution in [-0.4, -0.2) is 30.6 Å². The summed E-state index contributed by atoms with van der Waals surface area (Å²) in [5.74, 6) is -0.0314. The first-order valence-corrected chi connectivity index (χ1v) is 10.3. The average molecular weight is 371 g/mol. The van der Waals surface area contributed by atoms with Crippen molar-refractivity contribution < 1.29 is 9.53 Å². The van der Waals surface area contributed by atoms with Crippen molar-refractivity contribution in [1.29, 1.82) is 0 Å². The number of hydrogen-bond donors (Lipinski definition) is 0. The highest BCUT2D eigenvalue weighted by molar-refractivity contribution is 6.23. The molecule has 0 saturated carbocycles. The molecule has 0 N–H and O–H groups in total. The number of piperidine rings is 1. The van der Waals surface area contributed by atoms with Gasteiger partial charge in [0, 0.05) is 13.1 Å². The van der Waals surface area contributed by atoms with Gasteiger partial charge >= 0.3 is 5.97 Å². The predicted molar refractivity (Wildman–Crippen MR) is 115 cm³/mol. The summed E-state index contributed by atoms with van der Waals surface area (Å²) in [6.07, 6.45) is 1.99. The van der Waals surface area contributed by atoms with Crippen LogP contribution >= 0.6 is 0 Å². The molecular weight excluding hydrogens is 346 g/mol. The molecular formula is C25H25NO2. The van der Waals surface area contributed by atoms with Crippen LogP contribution in [0.2, 0.25) is 0 Å². The molecule has 3 nitrogen and oxygen atoms in total. The highest BCUT2D eigenvalue weighted by Gasteiger charge is 2.27. The summed E-state index contributed by atoms with van der Waals surface area (Å²) in [6.45, 7) is 5.05. The number of carbonyl (C=O) groups is 1. The number of hydrogen-bond acceptors (Lipinski definition) is 3. The molecule has 1 fully saturated rings. The second kappa shape index (κ2) is 7.06. The first-order chi connectivity index (χ1) is 13.7. The van der Waals surface area contributed by atoms with Crippen molar-refractivity contribution in [3.05, 3.63) is 60.2 Å². The number of rotatable bonds is 4. The Balaban J connectivity index is 1.52. The molecule has 1 saturated heterocycles. The lowest BCUT2D eigenvalue weighted by Crippen LogP contribution is -2.38. The maximum Gasteiger partial charge on any atom is 0.310 e. The Kier molecular flexibility index (Phi) is 4.40. The summed E-state index contributed by atoms with van der Waals surface area (Å²) in [4.78, 5) is 14.6. The molecule has 4 aromatic rings. The van der Waals surface area contributed by atoms with Crippen LogP contribution in [-0.2, 0) is 16.1 Å². The van der Waals surface area contributed by atoms with Crippen LogP contribution in [0, 0.1) is 5.92 Å². The Morgan fingerprint density at radius 3 is 2.50 bits per heavy atom. The summed E-state index contributed by atoms with van der Waals surface area (Å²) in [5, 5.41) is 7.96. The van der Waals surface area contributed by atoms with E-state index in [2.05, 4.69) is 59.5 Å². The molecule has 1 atom stereocenters. The zero-order valence-electron chi connectivity index (χ0n) is 16.3. The fourth-order valence-corrected chi connectivity index (χ4v) is 4.83. The molecule has 0 spiro atoms. The molecule has 1 aliphatic heterocycles. The molecule has 0 bridgehead atoms. The Morgan fingerprint density at radius 1 is 1.00 bits per heavy atom. The maximum atomic E-state index is 12.2. The minimum absolute atomic E-state index is 0.00786. The summed E-state index contributed by atoms with van der Waals surface area (Å²) >= 11 is 0. The highest BCUT2D eigenvalue weighted by Crippen LogP contribution is 2.36. The normalized spacial score (nSPS) is 18.2. The Bertz CT molecular complexity index is 1130. The van der Waals surface area contributed by atoms with Gasteiger partial charge in [0.2, 0.25) is 0 Å². The average Bonchev–Trinajstić information content (AvgIpc) is 2.73. The van der Waals surface area contributed by atoms with E-state index in [0.717, 1.165) is 32.5 Å². The molecule has 0 radical (unpaired) electrons. The predicted octanol–water partition coefficient (Wildman–Crippen LogP) is 5.36. The van der Waals surface area contributed by atoms with Crippen molar-refractivity contribution in [3.63, 3.8) is 0 Å². The maximum absolute atomic E-state index is 12.2. The summed E-state index contributed by atoms with van der Waals surface area (Å²) < 4.78 is 5.26. The number of likely N-dealkylation sites (tertiary alicyclic amines) is 1. The Morgan fingerprint density at radius 2 is 1.71 bits per heavy atom. The van der Waals surface area contributed by atoms with Crippen LogP contribution in [0.5, 0.6) is 0 Å². The van der Waals surface area contributed by atoms with Crippen molar-refractivity contribution in [2.24, 2.45) is 5.92 Å². The van der Waals surface area contributed by atoms with Gasteiger partial charge in [-0.3, -0.25) is 9.69 Å². The summed E-state index contributed by atoms with van der Waals surface area (Å²) in [6, 6.07) is 20.0. The monoisotopic (exact) mass is 371 g/mol. The van der Waals surface area contributed by atoms with E-state index < -0.39 is 0 Å². The summed E-state index contributed by atoms with van der Waals surface area (Å²) in [5.41, 5.74) is 1.34. The standard InChI is InChI=1S/C25H25NO2/c1-2-28-25(27)21-7-4-14-26(16-21)15-20-11-10-19-9-8-17-5-3-6-18-12-13-22(20)24(19)23(17)18/h3,5-6,8-13,21H,2,4,7,14-16H2,1H3. The first-order valence-electron chi connectivity index (χ1n) is 10.3. The topological polar surface area (TPSA) is 29.5 Å². The Hall–Kier alpha value is -2.65. The minimum atomic E-state index is -0.0393. The quantitative estimate of drug-likeness (QED) is 0.357. The van der Waals surface area contributed by atoms with E-state index in [4.69, 9.17) is 4.74 Å². The van der Waals surface area contributed by atoms with Crippen LogP contribution in [0.1, 0.15) is 25.3 Å². The fourth-order valence-electron chi connectivity index (χ4n) is 4.83. The van der Waals surface area contributed by atoms with E-state index in [0.29, 0.717) is 6.61 Å². The molecule has 0 amide bonds. The van der Waals surface area contributed by atoms with Crippen molar-refractivity contribution in [1.82, 2.24) is 4.90 Å². The molecule has 1 aliphatic rings. The summed E-state index contributed by atoms with van der Waals surface area (Å²) in [7, 11) is 0. The molecule has 142 valence electrons. The smallest absolute Gasteiger partial charge is 0.310 e. The van der Waals surface area contributed by atoms with Crippen LogP contribution in [0.15, 0.2) is 54.6 Å². The zero-order valence-corrected chi connectivity index (χ0v) is 16.3. The van der Waals surface area contributed by atoms with E-state index >= 15 is 0 Å². The van der Waals surface area contributed by atoms with Gasteiger partial charge in [-0.1, -0.05) is 54.6 Å². The van der Waals surface area contributed by atoms with Crippen LogP contribution in [0.4, 0.5) is 0 Å². The molecule has 1 unspecified atom stereocenters. The van der Waals surface area contributed by atoms with Crippen molar-refractivity contribution in [3.8, 4) is 0 Å². The second-order valence-corrected chi connectivity index (χ2v) is 7.91. The van der Waals surface area contributed by atoms with E-state index in [-0.39, 0.29) is 11.9 Å². The first kappa shape index (κ1) is 17.4. The minimum Gasteiger partial charge on any atom is -0.466 e. The van der Waals surface area contributed by atoms with Crippen LogP contribution in [0.25, 0.3) is 32.3 Å². The van der Waals surface area contributed by atoms with Gasteiger partial charge in [-0.2, -0.15) is 0 Å². The number of benzene rings is 4. The molecule has 1 heterocycles. The fraction of sp³-hybridized carbons (Fsp3) is 0.320. The number of esters is 1. The third-order valence-corrected chi connectivity index (χ3v) is 6.14. The molecule has 4 aromatic carbocycles. The third kappa shape index (κ3) is 2.91. The number of carbonyl (C=O) groups excluding carboxylic acids is 1. The van der Waals surface area contributed by atoms with Gasteiger partial charge in [-0.15, -0.1) is 0 Å². The SMILES string of the molecule is CCOC(=O)C1CCCN(Cc2ccc3ccc4cccc5ccc2c3c45)C1. The molecule has 0 aliphatic carbocycles. The van der Waals surface area contributed by atoms with Crippen molar-refractivity contribution in [2.75, 3.05) is 19.7 Å². The molecule has 3 heteroatoms. The lowest BCUT2D eigenvalue weighted by molar-refractivity contribution is -0.150. The van der Waals surface area contributed by atoms with Crippen LogP contribution < -0.4 is 0 Å². The largest absolute Gasteiger partial charge is 0.466 e. The van der Waals surface area contributed by atoms with Gasteiger partial charge in [0.1, 0.15) is 0 Å². The van der Waals surface area contributed by atoms with Gasteiger partial charge < -0.3 is 4.74 Å². The lowest BCUT2D eigenvalue weighted by Gasteiger charge is -2.31. The number of nitrogens with zero attached hydrogens (tertiary/aromatic N) is 1. The van der Waals surface area contributed by atoms with E-state index in [1.165, 1.54) is 37.9 Å². The van der Waals surface area contributed by atoms with Gasteiger partial charge in [0.25, 0.3) is 0 Å². The van der Waals surface area contributed by atoms with Gasteiger partial charge in [0.15, 0.2) is 0 Å². The highest BCUT2D eigenvalue weighted by atomic mass is 16.5. The zero-order chi connectivity index (χ0) is 19.1. The Labute approximate surface area is 165 Å². The molecule has 0 aromatic heterocycles. The number of ether oxygens (including phenoxy) is 1. The van der Waals surface area contributed by atoms with Gasteiger partial charge in [-0.25, -0.2) is 0 Å². The van der Waals surface area contributed by atoms with Gasteiger partial charge in [0.05, 0.1) is 12.5 Å². The third-order valence-electron chi connectivity index (χ3n) is 6.14. The second-order valence-electron chi connectivity index (χ2n) is 7.91.